The fourth-order valence-corrected chi connectivity index (χ4v) is 3.89. The van der Waals surface area contributed by atoms with Crippen LogP contribution in [-0.4, -0.2) is 15.3 Å². The molecule has 0 atom stereocenters. The van der Waals surface area contributed by atoms with Crippen molar-refractivity contribution in [2.24, 2.45) is 0 Å². The van der Waals surface area contributed by atoms with Gasteiger partial charge >= 0.3 is 0 Å². The minimum atomic E-state index is 0.0717. The second-order valence-electron chi connectivity index (χ2n) is 4.76. The third kappa shape index (κ3) is 1.61. The summed E-state index contributed by atoms with van der Waals surface area (Å²) in [5.41, 5.74) is 2.62. The van der Waals surface area contributed by atoms with Gasteiger partial charge in [-0.3, -0.25) is 9.36 Å². The van der Waals surface area contributed by atoms with Crippen LogP contribution in [0.3, 0.4) is 0 Å². The Morgan fingerprint density at radius 1 is 1.10 bits per heavy atom. The van der Waals surface area contributed by atoms with E-state index in [9.17, 15) is 4.79 Å². The Hall–Kier alpha value is -2.07. The Morgan fingerprint density at radius 2 is 1.95 bits per heavy atom. The molecule has 3 nitrogen and oxygen atoms in total. The quantitative estimate of drug-likeness (QED) is 0.687. The molecule has 2 aromatic heterocycles. The highest BCUT2D eigenvalue weighted by atomic mass is 32.2. The molecular formula is C16H12N2OS. The lowest BCUT2D eigenvalue weighted by atomic mass is 10.1. The summed E-state index contributed by atoms with van der Waals surface area (Å²) in [7, 11) is 0. The zero-order chi connectivity index (χ0) is 13.5. The number of para-hydroxylation sites is 1. The third-order valence-electron chi connectivity index (χ3n) is 3.59. The van der Waals surface area contributed by atoms with Crippen molar-refractivity contribution >= 4 is 22.8 Å². The number of aromatic nitrogens is 2. The van der Waals surface area contributed by atoms with E-state index in [-0.39, 0.29) is 5.56 Å². The second-order valence-corrected chi connectivity index (χ2v) is 5.86. The van der Waals surface area contributed by atoms with Gasteiger partial charge in [0.05, 0.1) is 5.69 Å². The zero-order valence-electron chi connectivity index (χ0n) is 10.7. The second kappa shape index (κ2) is 4.49. The maximum absolute atomic E-state index is 12.8. The lowest BCUT2D eigenvalue weighted by molar-refractivity contribution is 0.953. The van der Waals surface area contributed by atoms with E-state index in [0.717, 1.165) is 39.4 Å². The van der Waals surface area contributed by atoms with Crippen LogP contribution in [0.2, 0.25) is 0 Å². The Morgan fingerprint density at radius 3 is 2.80 bits per heavy atom. The first kappa shape index (κ1) is 11.7. The highest BCUT2D eigenvalue weighted by Crippen LogP contribution is 2.35. The van der Waals surface area contributed by atoms with E-state index in [4.69, 9.17) is 0 Å². The first-order valence-corrected chi connectivity index (χ1v) is 7.55. The molecule has 0 unspecified atom stereocenters. The van der Waals surface area contributed by atoms with Gasteiger partial charge in [0.1, 0.15) is 5.65 Å². The monoisotopic (exact) mass is 280 g/mol. The van der Waals surface area contributed by atoms with Gasteiger partial charge in [0.25, 0.3) is 5.56 Å². The predicted octanol–water partition coefficient (Wildman–Crippen LogP) is 3.03. The van der Waals surface area contributed by atoms with Gasteiger partial charge < -0.3 is 0 Å². The van der Waals surface area contributed by atoms with E-state index in [2.05, 4.69) is 11.1 Å². The molecule has 0 saturated carbocycles. The molecule has 0 fully saturated rings. The van der Waals surface area contributed by atoms with E-state index in [1.54, 1.807) is 22.5 Å². The van der Waals surface area contributed by atoms with Crippen molar-refractivity contribution in [3.05, 3.63) is 64.6 Å². The molecular weight excluding hydrogens is 268 g/mol. The first-order valence-electron chi connectivity index (χ1n) is 6.57. The number of benzene rings is 1. The third-order valence-corrected chi connectivity index (χ3v) is 4.75. The lowest BCUT2D eigenvalue weighted by Gasteiger charge is -2.12. The summed E-state index contributed by atoms with van der Waals surface area (Å²) in [6, 6.07) is 13.7. The maximum Gasteiger partial charge on any atom is 0.261 e. The van der Waals surface area contributed by atoms with Crippen LogP contribution in [0, 0.1) is 0 Å². The molecule has 0 radical (unpaired) electrons. The average Bonchev–Trinajstić information content (AvgIpc) is 2.99. The first-order chi connectivity index (χ1) is 9.86. The van der Waals surface area contributed by atoms with Crippen LogP contribution in [-0.2, 0) is 6.42 Å². The Kier molecular flexibility index (Phi) is 2.63. The van der Waals surface area contributed by atoms with Crippen molar-refractivity contribution in [2.75, 3.05) is 5.75 Å². The normalized spacial score (nSPS) is 13.6. The van der Waals surface area contributed by atoms with Crippen molar-refractivity contribution < 1.29 is 0 Å². The number of fused-ring (bicyclic) bond motifs is 3. The molecule has 1 aromatic carbocycles. The number of rotatable bonds is 1. The van der Waals surface area contributed by atoms with Gasteiger partial charge in [-0.2, -0.15) is 0 Å². The van der Waals surface area contributed by atoms with Crippen LogP contribution in [0.15, 0.2) is 58.4 Å². The minimum absolute atomic E-state index is 0.0717. The topological polar surface area (TPSA) is 34.9 Å². The number of hydrogen-bond donors (Lipinski definition) is 0. The largest absolute Gasteiger partial charge is 0.269 e. The Labute approximate surface area is 120 Å². The minimum Gasteiger partial charge on any atom is -0.269 e. The fraction of sp³-hybridized carbons (Fsp3) is 0.125. The summed E-state index contributed by atoms with van der Waals surface area (Å²) in [5.74, 6) is 0.980. The Bertz CT molecular complexity index is 855. The van der Waals surface area contributed by atoms with Gasteiger partial charge in [0.2, 0.25) is 0 Å². The van der Waals surface area contributed by atoms with Gasteiger partial charge in [-0.1, -0.05) is 18.2 Å². The SMILES string of the molecule is O=c1c2c(c3cccnc3n1-c1ccccc1)SCC2. The highest BCUT2D eigenvalue weighted by molar-refractivity contribution is 7.99. The van der Waals surface area contributed by atoms with Gasteiger partial charge in [-0.25, -0.2) is 4.98 Å². The molecule has 0 saturated heterocycles. The average molecular weight is 280 g/mol. The Balaban J connectivity index is 2.19. The highest BCUT2D eigenvalue weighted by Gasteiger charge is 2.22. The smallest absolute Gasteiger partial charge is 0.261 e. The van der Waals surface area contributed by atoms with Crippen LogP contribution in [0.5, 0.6) is 0 Å². The standard InChI is InChI=1S/C16H12N2OS/c19-16-13-8-10-20-14(13)12-7-4-9-17-15(12)18(16)11-5-2-1-3-6-11/h1-7,9H,8,10H2. The lowest BCUT2D eigenvalue weighted by Crippen LogP contribution is -2.23. The van der Waals surface area contributed by atoms with Crippen molar-refractivity contribution in [3.63, 3.8) is 0 Å². The van der Waals surface area contributed by atoms with Crippen molar-refractivity contribution in [3.8, 4) is 5.69 Å². The van der Waals surface area contributed by atoms with E-state index >= 15 is 0 Å². The van der Waals surface area contributed by atoms with Crippen LogP contribution < -0.4 is 5.56 Å². The molecule has 1 aliphatic heterocycles. The summed E-state index contributed by atoms with van der Waals surface area (Å²) in [4.78, 5) is 18.3. The molecule has 0 amide bonds. The van der Waals surface area contributed by atoms with Gasteiger partial charge in [-0.15, -0.1) is 11.8 Å². The molecule has 98 valence electrons. The molecule has 3 heterocycles. The van der Waals surface area contributed by atoms with Gasteiger partial charge in [0, 0.05) is 27.8 Å². The fourth-order valence-electron chi connectivity index (χ4n) is 2.70. The number of pyridine rings is 2. The molecule has 4 rings (SSSR count). The zero-order valence-corrected chi connectivity index (χ0v) is 11.6. The number of thioether (sulfide) groups is 1. The molecule has 0 spiro atoms. The van der Waals surface area contributed by atoms with Gasteiger partial charge in [-0.05, 0) is 30.7 Å². The van der Waals surface area contributed by atoms with Crippen LogP contribution in [0.1, 0.15) is 5.56 Å². The van der Waals surface area contributed by atoms with E-state index in [1.165, 1.54) is 0 Å². The van der Waals surface area contributed by atoms with Crippen molar-refractivity contribution in [1.29, 1.82) is 0 Å². The molecule has 3 aromatic rings. The van der Waals surface area contributed by atoms with E-state index in [1.807, 2.05) is 36.4 Å². The molecule has 1 aliphatic rings. The summed E-state index contributed by atoms with van der Waals surface area (Å²) < 4.78 is 1.74. The molecule has 0 aliphatic carbocycles. The van der Waals surface area contributed by atoms with Crippen LogP contribution >= 0.6 is 11.8 Å². The maximum atomic E-state index is 12.8. The summed E-state index contributed by atoms with van der Waals surface area (Å²) in [6.45, 7) is 0. The summed E-state index contributed by atoms with van der Waals surface area (Å²) in [6.07, 6.45) is 2.59. The molecule has 4 heteroatoms. The summed E-state index contributed by atoms with van der Waals surface area (Å²) in [5, 5.41) is 1.08. The molecule has 20 heavy (non-hydrogen) atoms. The molecule has 0 N–H and O–H groups in total. The number of nitrogens with zero attached hydrogens (tertiary/aromatic N) is 2. The van der Waals surface area contributed by atoms with Crippen molar-refractivity contribution in [1.82, 2.24) is 9.55 Å². The van der Waals surface area contributed by atoms with E-state index < -0.39 is 0 Å². The molecule has 0 bridgehead atoms. The van der Waals surface area contributed by atoms with Gasteiger partial charge in [0.15, 0.2) is 0 Å². The predicted molar refractivity (Wildman–Crippen MR) is 81.8 cm³/mol. The number of hydrogen-bond acceptors (Lipinski definition) is 3. The van der Waals surface area contributed by atoms with Crippen LogP contribution in [0.25, 0.3) is 16.7 Å². The van der Waals surface area contributed by atoms with Crippen LogP contribution in [0.4, 0.5) is 0 Å². The van der Waals surface area contributed by atoms with Crippen molar-refractivity contribution in [2.45, 2.75) is 11.3 Å². The summed E-state index contributed by atoms with van der Waals surface area (Å²) >= 11 is 1.76. The van der Waals surface area contributed by atoms with E-state index in [0.29, 0.717) is 0 Å².